The van der Waals surface area contributed by atoms with Crippen molar-refractivity contribution >= 4 is 11.8 Å². The van der Waals surface area contributed by atoms with Crippen molar-refractivity contribution in [1.82, 2.24) is 0 Å². The van der Waals surface area contributed by atoms with Gasteiger partial charge < -0.3 is 4.74 Å². The summed E-state index contributed by atoms with van der Waals surface area (Å²) in [6, 6.07) is 23.1. The highest BCUT2D eigenvalue weighted by Gasteiger charge is 2.41. The fourth-order valence-corrected chi connectivity index (χ4v) is 4.10. The van der Waals surface area contributed by atoms with Gasteiger partial charge in [0.1, 0.15) is 5.82 Å². The Morgan fingerprint density at radius 1 is 0.933 bits per heavy atom. The second kappa shape index (κ2) is 8.62. The van der Waals surface area contributed by atoms with E-state index in [-0.39, 0.29) is 17.5 Å². The third-order valence-corrected chi connectivity index (χ3v) is 5.87. The third-order valence-electron chi connectivity index (χ3n) is 5.87. The van der Waals surface area contributed by atoms with Crippen molar-refractivity contribution < 1.29 is 18.7 Å². The van der Waals surface area contributed by atoms with Crippen LogP contribution in [-0.2, 0) is 4.74 Å². The minimum absolute atomic E-state index is 0.0282. The zero-order chi connectivity index (χ0) is 21.1. The Morgan fingerprint density at radius 2 is 1.57 bits per heavy atom. The van der Waals surface area contributed by atoms with E-state index in [2.05, 4.69) is 12.1 Å². The van der Waals surface area contributed by atoms with E-state index < -0.39 is 5.97 Å². The summed E-state index contributed by atoms with van der Waals surface area (Å²) >= 11 is 0. The minimum Gasteiger partial charge on any atom is -0.465 e. The molecule has 4 rings (SSSR count). The van der Waals surface area contributed by atoms with Gasteiger partial charge in [0, 0.05) is 11.5 Å². The van der Waals surface area contributed by atoms with Crippen LogP contribution >= 0.6 is 0 Å². The molecule has 0 N–H and O–H groups in total. The van der Waals surface area contributed by atoms with E-state index in [0.717, 1.165) is 12.0 Å². The van der Waals surface area contributed by atoms with Crippen LogP contribution in [0.2, 0.25) is 0 Å². The number of Topliss-reactive ketones (excluding diaryl/α,β-unsaturated/α-hetero) is 1. The SMILES string of the molecule is COC(=O)c1ccc(C(CC2CC2c2ccccc2)C(=O)c2ccc(F)cc2)cc1. The Hall–Kier alpha value is -3.27. The highest BCUT2D eigenvalue weighted by molar-refractivity contribution is 6.01. The van der Waals surface area contributed by atoms with E-state index in [1.165, 1.54) is 36.9 Å². The van der Waals surface area contributed by atoms with Gasteiger partial charge >= 0.3 is 5.97 Å². The molecule has 0 saturated heterocycles. The van der Waals surface area contributed by atoms with Crippen molar-refractivity contribution in [2.24, 2.45) is 5.92 Å². The predicted octanol–water partition coefficient (Wildman–Crippen LogP) is 5.77. The number of esters is 1. The average molecular weight is 402 g/mol. The second-order valence-corrected chi connectivity index (χ2v) is 7.79. The molecule has 30 heavy (non-hydrogen) atoms. The molecule has 0 amide bonds. The van der Waals surface area contributed by atoms with Crippen LogP contribution < -0.4 is 0 Å². The van der Waals surface area contributed by atoms with Gasteiger partial charge in [0.15, 0.2) is 5.78 Å². The second-order valence-electron chi connectivity index (χ2n) is 7.79. The van der Waals surface area contributed by atoms with Crippen LogP contribution in [0, 0.1) is 11.7 Å². The maximum Gasteiger partial charge on any atom is 0.337 e. The van der Waals surface area contributed by atoms with Gasteiger partial charge in [-0.2, -0.15) is 0 Å². The Kier molecular flexibility index (Phi) is 5.75. The smallest absolute Gasteiger partial charge is 0.337 e. The fourth-order valence-electron chi connectivity index (χ4n) is 4.10. The van der Waals surface area contributed by atoms with Gasteiger partial charge in [0.05, 0.1) is 12.7 Å². The molecule has 1 aliphatic carbocycles. The van der Waals surface area contributed by atoms with Gasteiger partial charge in [-0.3, -0.25) is 4.79 Å². The first kappa shape index (κ1) is 20.0. The maximum absolute atomic E-state index is 13.3. The molecule has 3 aromatic rings. The number of halogens is 1. The van der Waals surface area contributed by atoms with Crippen LogP contribution in [0.3, 0.4) is 0 Å². The van der Waals surface area contributed by atoms with Crippen LogP contribution in [0.25, 0.3) is 0 Å². The predicted molar refractivity (Wildman–Crippen MR) is 113 cm³/mol. The van der Waals surface area contributed by atoms with E-state index in [9.17, 15) is 14.0 Å². The zero-order valence-electron chi connectivity index (χ0n) is 16.8. The van der Waals surface area contributed by atoms with Crippen LogP contribution in [0.5, 0.6) is 0 Å². The molecule has 0 aromatic heterocycles. The highest BCUT2D eigenvalue weighted by Crippen LogP contribution is 2.52. The van der Waals surface area contributed by atoms with Crippen molar-refractivity contribution in [1.29, 1.82) is 0 Å². The van der Waals surface area contributed by atoms with Crippen LogP contribution in [0.1, 0.15) is 56.5 Å². The van der Waals surface area contributed by atoms with Gasteiger partial charge in [0.2, 0.25) is 0 Å². The number of ketones is 1. The highest BCUT2D eigenvalue weighted by atomic mass is 19.1. The molecule has 0 spiro atoms. The summed E-state index contributed by atoms with van der Waals surface area (Å²) in [5.74, 6) is -0.266. The number of hydrogen-bond donors (Lipinski definition) is 0. The molecule has 0 aliphatic heterocycles. The monoisotopic (exact) mass is 402 g/mol. The van der Waals surface area contributed by atoms with Crippen LogP contribution in [-0.4, -0.2) is 18.9 Å². The lowest BCUT2D eigenvalue weighted by Gasteiger charge is -2.17. The molecule has 3 nitrogen and oxygen atoms in total. The summed E-state index contributed by atoms with van der Waals surface area (Å²) in [5.41, 5.74) is 3.10. The van der Waals surface area contributed by atoms with Gasteiger partial charge in [0.25, 0.3) is 0 Å². The number of benzene rings is 3. The molecule has 1 aliphatic rings. The number of methoxy groups -OCH3 is 1. The number of ether oxygens (including phenoxy) is 1. The van der Waals surface area contributed by atoms with E-state index in [0.29, 0.717) is 29.4 Å². The Bertz CT molecular complexity index is 1030. The molecule has 0 radical (unpaired) electrons. The van der Waals surface area contributed by atoms with Crippen LogP contribution in [0.15, 0.2) is 78.9 Å². The minimum atomic E-state index is -0.408. The van der Waals surface area contributed by atoms with E-state index in [1.807, 2.05) is 30.3 Å². The molecule has 4 heteroatoms. The molecule has 3 aromatic carbocycles. The average Bonchev–Trinajstić information content (AvgIpc) is 3.57. The van der Waals surface area contributed by atoms with Crippen molar-refractivity contribution in [3.63, 3.8) is 0 Å². The number of rotatable bonds is 7. The maximum atomic E-state index is 13.3. The molecule has 3 atom stereocenters. The van der Waals surface area contributed by atoms with Crippen molar-refractivity contribution in [3.05, 3.63) is 107 Å². The first-order valence-electron chi connectivity index (χ1n) is 10.1. The Balaban J connectivity index is 1.59. The van der Waals surface area contributed by atoms with Gasteiger partial charge in [-0.25, -0.2) is 9.18 Å². The largest absolute Gasteiger partial charge is 0.465 e. The molecule has 0 bridgehead atoms. The van der Waals surface area contributed by atoms with E-state index >= 15 is 0 Å². The summed E-state index contributed by atoms with van der Waals surface area (Å²) in [6.45, 7) is 0. The summed E-state index contributed by atoms with van der Waals surface area (Å²) in [6.07, 6.45) is 1.77. The molecule has 1 fully saturated rings. The quantitative estimate of drug-likeness (QED) is 0.372. The van der Waals surface area contributed by atoms with Gasteiger partial charge in [-0.05, 0) is 72.2 Å². The molecular weight excluding hydrogens is 379 g/mol. The Labute approximate surface area is 175 Å². The van der Waals surface area contributed by atoms with Gasteiger partial charge in [-0.1, -0.05) is 42.5 Å². The van der Waals surface area contributed by atoms with E-state index in [1.54, 1.807) is 12.1 Å². The molecule has 0 heterocycles. The lowest BCUT2D eigenvalue weighted by molar-refractivity contribution is 0.0600. The standard InChI is InChI=1S/C26H23FO3/c1-30-26(29)20-9-7-18(8-10-20)24(25(28)19-11-13-22(27)14-12-19)16-21-15-23(21)17-5-3-2-4-6-17/h2-14,21,23-24H,15-16H2,1H3. The molecule has 1 saturated carbocycles. The lowest BCUT2D eigenvalue weighted by atomic mass is 9.85. The van der Waals surface area contributed by atoms with Crippen molar-refractivity contribution in [3.8, 4) is 0 Å². The topological polar surface area (TPSA) is 43.4 Å². The molecular formula is C26H23FO3. The van der Waals surface area contributed by atoms with Crippen LogP contribution in [0.4, 0.5) is 4.39 Å². The lowest BCUT2D eigenvalue weighted by Crippen LogP contribution is -2.15. The van der Waals surface area contributed by atoms with Crippen molar-refractivity contribution in [2.45, 2.75) is 24.7 Å². The zero-order valence-corrected chi connectivity index (χ0v) is 16.8. The van der Waals surface area contributed by atoms with E-state index in [4.69, 9.17) is 4.74 Å². The number of carbonyl (C=O) groups is 2. The first-order chi connectivity index (χ1) is 14.6. The fraction of sp³-hybridized carbons (Fsp3) is 0.231. The third kappa shape index (κ3) is 4.33. The summed E-state index contributed by atoms with van der Waals surface area (Å²) in [5, 5.41) is 0. The summed E-state index contributed by atoms with van der Waals surface area (Å²) in [4.78, 5) is 25.1. The molecule has 3 unspecified atom stereocenters. The van der Waals surface area contributed by atoms with Crippen molar-refractivity contribution in [2.75, 3.05) is 7.11 Å². The summed E-state index contributed by atoms with van der Waals surface area (Å²) < 4.78 is 18.1. The normalized spacial score (nSPS) is 18.5. The Morgan fingerprint density at radius 3 is 2.20 bits per heavy atom. The molecule has 152 valence electrons. The summed E-state index contributed by atoms with van der Waals surface area (Å²) in [7, 11) is 1.34. The number of carbonyl (C=O) groups excluding carboxylic acids is 2. The first-order valence-corrected chi connectivity index (χ1v) is 10.1. The van der Waals surface area contributed by atoms with Gasteiger partial charge in [-0.15, -0.1) is 0 Å². The number of hydrogen-bond acceptors (Lipinski definition) is 3.